The number of nitriles is 1. The van der Waals surface area contributed by atoms with E-state index in [1.807, 2.05) is 34.9 Å². The molecule has 4 nitrogen and oxygen atoms in total. The first kappa shape index (κ1) is 15.3. The Morgan fingerprint density at radius 2 is 1.78 bits per heavy atom. The molecule has 1 heterocycles. The van der Waals surface area contributed by atoms with Crippen molar-refractivity contribution in [1.29, 1.82) is 5.26 Å². The highest BCUT2D eigenvalue weighted by Gasteiger charge is 2.18. The maximum Gasteiger partial charge on any atom is 0.197 e. The topological polar surface area (TPSA) is 54.5 Å². The van der Waals surface area contributed by atoms with Gasteiger partial charge in [-0.1, -0.05) is 42.1 Å². The molecule has 0 N–H and O–H groups in total. The molecule has 0 saturated carbocycles. The average molecular weight is 324 g/mol. The predicted octanol–water partition coefficient (Wildman–Crippen LogP) is 4.08. The molecule has 114 valence electrons. The molecule has 23 heavy (non-hydrogen) atoms. The van der Waals surface area contributed by atoms with E-state index >= 15 is 0 Å². The summed E-state index contributed by atoms with van der Waals surface area (Å²) in [6.07, 6.45) is 0. The van der Waals surface area contributed by atoms with E-state index in [4.69, 9.17) is 5.26 Å². The minimum absolute atomic E-state index is 0.262. The van der Waals surface area contributed by atoms with E-state index in [9.17, 15) is 4.39 Å². The van der Waals surface area contributed by atoms with Crippen LogP contribution < -0.4 is 0 Å². The Kier molecular flexibility index (Phi) is 4.40. The van der Waals surface area contributed by atoms with Crippen LogP contribution >= 0.6 is 11.8 Å². The zero-order valence-corrected chi connectivity index (χ0v) is 13.2. The maximum atomic E-state index is 13.2. The fourth-order valence-electron chi connectivity index (χ4n) is 2.13. The van der Waals surface area contributed by atoms with Gasteiger partial charge in [0.15, 0.2) is 11.0 Å². The minimum atomic E-state index is -0.303. The molecule has 1 aromatic heterocycles. The lowest BCUT2D eigenvalue weighted by atomic mass is 10.2. The zero-order chi connectivity index (χ0) is 16.2. The van der Waals surface area contributed by atoms with Gasteiger partial charge in [0.1, 0.15) is 5.82 Å². The number of aromatic nitrogens is 3. The third-order valence-corrected chi connectivity index (χ3v) is 4.15. The second kappa shape index (κ2) is 6.63. The van der Waals surface area contributed by atoms with Crippen molar-refractivity contribution in [3.05, 3.63) is 60.4 Å². The minimum Gasteiger partial charge on any atom is -0.270 e. The van der Waals surface area contributed by atoms with E-state index in [1.54, 1.807) is 19.1 Å². The van der Waals surface area contributed by atoms with Crippen molar-refractivity contribution in [2.75, 3.05) is 0 Å². The molecule has 0 radical (unpaired) electrons. The van der Waals surface area contributed by atoms with E-state index in [-0.39, 0.29) is 11.1 Å². The lowest BCUT2D eigenvalue weighted by molar-refractivity contribution is 0.627. The van der Waals surface area contributed by atoms with Crippen molar-refractivity contribution < 1.29 is 4.39 Å². The molecule has 0 saturated heterocycles. The summed E-state index contributed by atoms with van der Waals surface area (Å²) >= 11 is 1.32. The molecule has 0 aliphatic heterocycles. The predicted molar refractivity (Wildman–Crippen MR) is 87.7 cm³/mol. The quantitative estimate of drug-likeness (QED) is 0.679. The van der Waals surface area contributed by atoms with Crippen LogP contribution in [0.15, 0.2) is 59.8 Å². The number of nitrogens with zero attached hydrogens (tertiary/aromatic N) is 4. The van der Waals surface area contributed by atoms with Gasteiger partial charge in [-0.05, 0) is 31.2 Å². The van der Waals surface area contributed by atoms with Crippen LogP contribution in [0, 0.1) is 17.1 Å². The van der Waals surface area contributed by atoms with Gasteiger partial charge >= 0.3 is 0 Å². The molecule has 3 rings (SSSR count). The molecular formula is C17H13FN4S. The third-order valence-electron chi connectivity index (χ3n) is 3.21. The largest absolute Gasteiger partial charge is 0.270 e. The van der Waals surface area contributed by atoms with Crippen LogP contribution in [0.2, 0.25) is 0 Å². The Bertz CT molecular complexity index is 837. The summed E-state index contributed by atoms with van der Waals surface area (Å²) < 4.78 is 15.1. The van der Waals surface area contributed by atoms with Crippen molar-refractivity contribution in [2.45, 2.75) is 17.3 Å². The highest BCUT2D eigenvalue weighted by Crippen LogP contribution is 2.29. The van der Waals surface area contributed by atoms with Crippen LogP contribution in [0.4, 0.5) is 4.39 Å². The lowest BCUT2D eigenvalue weighted by Gasteiger charge is -2.10. The van der Waals surface area contributed by atoms with Gasteiger partial charge in [-0.15, -0.1) is 10.2 Å². The van der Waals surface area contributed by atoms with Gasteiger partial charge in [-0.3, -0.25) is 4.57 Å². The van der Waals surface area contributed by atoms with Gasteiger partial charge in [0.2, 0.25) is 0 Å². The van der Waals surface area contributed by atoms with Gasteiger partial charge in [-0.25, -0.2) is 4.39 Å². The van der Waals surface area contributed by atoms with Crippen LogP contribution in [-0.2, 0) is 0 Å². The Balaban J connectivity index is 2.14. The second-order valence-corrected chi connectivity index (χ2v) is 6.18. The molecule has 1 atom stereocenters. The standard InChI is InChI=1S/C17H13FN4S/c1-12(11-19)23-17-21-20-16(13-5-3-2-4-6-13)22(17)15-9-7-14(18)8-10-15/h2-10,12H,1H3/t12-/m1/s1. The Labute approximate surface area is 137 Å². The molecule has 0 amide bonds. The summed E-state index contributed by atoms with van der Waals surface area (Å²) in [7, 11) is 0. The van der Waals surface area contributed by atoms with Crippen LogP contribution in [0.5, 0.6) is 0 Å². The summed E-state index contributed by atoms with van der Waals surface area (Å²) in [5.74, 6) is 0.354. The zero-order valence-electron chi connectivity index (χ0n) is 12.3. The van der Waals surface area contributed by atoms with E-state index in [0.717, 1.165) is 11.3 Å². The molecular weight excluding hydrogens is 311 g/mol. The number of rotatable bonds is 4. The number of hydrogen-bond acceptors (Lipinski definition) is 4. The molecule has 0 unspecified atom stereocenters. The highest BCUT2D eigenvalue weighted by molar-refractivity contribution is 8.00. The van der Waals surface area contributed by atoms with Gasteiger partial charge in [0, 0.05) is 11.3 Å². The first-order chi connectivity index (χ1) is 11.2. The van der Waals surface area contributed by atoms with E-state index in [1.165, 1.54) is 23.9 Å². The number of benzene rings is 2. The highest BCUT2D eigenvalue weighted by atomic mass is 32.2. The second-order valence-electron chi connectivity index (χ2n) is 4.87. The maximum absolute atomic E-state index is 13.2. The van der Waals surface area contributed by atoms with Crippen LogP contribution in [0.1, 0.15) is 6.92 Å². The summed E-state index contributed by atoms with van der Waals surface area (Å²) in [5.41, 5.74) is 1.66. The molecule has 3 aromatic rings. The monoisotopic (exact) mass is 324 g/mol. The SMILES string of the molecule is C[C@H](C#N)Sc1nnc(-c2ccccc2)n1-c1ccc(F)cc1. The molecule has 0 aliphatic carbocycles. The van der Waals surface area contributed by atoms with Gasteiger partial charge in [0.05, 0.1) is 11.3 Å². The van der Waals surface area contributed by atoms with Gasteiger partial charge < -0.3 is 0 Å². The van der Waals surface area contributed by atoms with Crippen molar-refractivity contribution in [2.24, 2.45) is 0 Å². The molecule has 0 spiro atoms. The summed E-state index contributed by atoms with van der Waals surface area (Å²) in [6, 6.07) is 17.9. The fourth-order valence-corrected chi connectivity index (χ4v) is 2.88. The first-order valence-corrected chi connectivity index (χ1v) is 7.90. The summed E-state index contributed by atoms with van der Waals surface area (Å²) in [5, 5.41) is 17.9. The Morgan fingerprint density at radius 3 is 2.43 bits per heavy atom. The third kappa shape index (κ3) is 3.25. The molecule has 2 aromatic carbocycles. The van der Waals surface area contributed by atoms with E-state index < -0.39 is 0 Å². The molecule has 6 heteroatoms. The summed E-state index contributed by atoms with van der Waals surface area (Å²) in [6.45, 7) is 1.80. The number of thioether (sulfide) groups is 1. The van der Waals surface area contributed by atoms with E-state index in [0.29, 0.717) is 11.0 Å². The lowest BCUT2D eigenvalue weighted by Crippen LogP contribution is -2.02. The van der Waals surface area contributed by atoms with Crippen molar-refractivity contribution >= 4 is 11.8 Å². The van der Waals surface area contributed by atoms with E-state index in [2.05, 4.69) is 16.3 Å². The van der Waals surface area contributed by atoms with Crippen molar-refractivity contribution in [3.63, 3.8) is 0 Å². The molecule has 0 bridgehead atoms. The van der Waals surface area contributed by atoms with Crippen LogP contribution in [-0.4, -0.2) is 20.0 Å². The Morgan fingerprint density at radius 1 is 1.09 bits per heavy atom. The fraction of sp³-hybridized carbons (Fsp3) is 0.118. The van der Waals surface area contributed by atoms with Gasteiger partial charge in [-0.2, -0.15) is 5.26 Å². The Hall–Kier alpha value is -2.65. The smallest absolute Gasteiger partial charge is 0.197 e. The molecule has 0 aliphatic rings. The normalized spacial score (nSPS) is 11.9. The number of halogens is 1. The molecule has 0 fully saturated rings. The number of hydrogen-bond donors (Lipinski definition) is 0. The van der Waals surface area contributed by atoms with Crippen molar-refractivity contribution in [3.8, 4) is 23.1 Å². The van der Waals surface area contributed by atoms with Crippen LogP contribution in [0.25, 0.3) is 17.1 Å². The average Bonchev–Trinajstić information content (AvgIpc) is 3.00. The van der Waals surface area contributed by atoms with Crippen molar-refractivity contribution in [1.82, 2.24) is 14.8 Å². The first-order valence-electron chi connectivity index (χ1n) is 7.02. The van der Waals surface area contributed by atoms with Crippen LogP contribution in [0.3, 0.4) is 0 Å². The van der Waals surface area contributed by atoms with Gasteiger partial charge in [0.25, 0.3) is 0 Å². The summed E-state index contributed by atoms with van der Waals surface area (Å²) in [4.78, 5) is 0.